The summed E-state index contributed by atoms with van der Waals surface area (Å²) in [4.78, 5) is 10.9. The van der Waals surface area contributed by atoms with E-state index in [-0.39, 0.29) is 11.7 Å². The lowest BCUT2D eigenvalue weighted by molar-refractivity contribution is -0.112. The van der Waals surface area contributed by atoms with Crippen LogP contribution in [0.25, 0.3) is 0 Å². The molecule has 0 radical (unpaired) electrons. The number of carbonyl (C=O) groups excluding carboxylic acids is 1. The number of allylic oxidation sites excluding steroid dienone is 2. The highest BCUT2D eigenvalue weighted by molar-refractivity contribution is 5.87. The van der Waals surface area contributed by atoms with Crippen LogP contribution in [0.1, 0.15) is 18.9 Å². The van der Waals surface area contributed by atoms with Gasteiger partial charge in [-0.2, -0.15) is 0 Å². The van der Waals surface area contributed by atoms with Gasteiger partial charge in [-0.05, 0) is 30.9 Å². The summed E-state index contributed by atoms with van der Waals surface area (Å²) in [5, 5.41) is 0. The number of hydrogen-bond donors (Lipinski definition) is 0. The molecule has 1 heteroatoms. The molecule has 0 aliphatic carbocycles. The Kier molecular flexibility index (Phi) is 5.08. The van der Waals surface area contributed by atoms with Crippen LogP contribution in [0.4, 0.5) is 0 Å². The highest BCUT2D eigenvalue weighted by Gasteiger charge is 2.04. The first kappa shape index (κ1) is 12.3. The number of rotatable bonds is 5. The Labute approximate surface area is 97.2 Å². The average molecular weight is 212 g/mol. The van der Waals surface area contributed by atoms with E-state index in [0.29, 0.717) is 6.42 Å². The summed E-state index contributed by atoms with van der Waals surface area (Å²) >= 11 is 0. The molecule has 0 N–H and O–H groups in total. The molecule has 1 rings (SSSR count). The predicted octanol–water partition coefficient (Wildman–Crippen LogP) is 3.01. The summed E-state index contributed by atoms with van der Waals surface area (Å²) in [6, 6.07) is 10.2. The molecule has 16 heavy (non-hydrogen) atoms. The van der Waals surface area contributed by atoms with Crippen LogP contribution in [-0.2, 0) is 11.2 Å². The average Bonchev–Trinajstić information content (AvgIpc) is 2.27. The summed E-state index contributed by atoms with van der Waals surface area (Å²) in [7, 11) is 0. The summed E-state index contributed by atoms with van der Waals surface area (Å²) in [5.41, 5.74) is 1.25. The smallest absolute Gasteiger partial charge is 0.152 e. The van der Waals surface area contributed by atoms with Crippen molar-refractivity contribution in [2.45, 2.75) is 19.8 Å². The second-order valence-electron chi connectivity index (χ2n) is 3.83. The van der Waals surface area contributed by atoms with Gasteiger partial charge < -0.3 is 0 Å². The molecule has 0 fully saturated rings. The molecule has 0 heterocycles. The molecule has 0 spiro atoms. The first-order valence-electron chi connectivity index (χ1n) is 5.38. The lowest BCUT2D eigenvalue weighted by Crippen LogP contribution is -2.01. The Hall–Kier alpha value is -1.81. The van der Waals surface area contributed by atoms with Gasteiger partial charge in [-0.1, -0.05) is 36.4 Å². The topological polar surface area (TPSA) is 17.1 Å². The van der Waals surface area contributed by atoms with Gasteiger partial charge in [0.1, 0.15) is 0 Å². The van der Waals surface area contributed by atoms with Crippen molar-refractivity contribution in [1.29, 1.82) is 0 Å². The Balaban J connectivity index is 2.65. The fourth-order valence-corrected chi connectivity index (χ4v) is 1.55. The van der Waals surface area contributed by atoms with Crippen LogP contribution in [0.3, 0.4) is 0 Å². The number of hydrogen-bond acceptors (Lipinski definition) is 1. The molecular formula is C15H16O. The van der Waals surface area contributed by atoms with Gasteiger partial charge in [0.05, 0.1) is 0 Å². The van der Waals surface area contributed by atoms with Crippen molar-refractivity contribution in [3.05, 3.63) is 48.0 Å². The molecule has 0 bridgehead atoms. The molecule has 82 valence electrons. The summed E-state index contributed by atoms with van der Waals surface area (Å²) in [6.07, 6.45) is 10.4. The molecule has 0 saturated heterocycles. The third-order valence-corrected chi connectivity index (χ3v) is 2.32. The highest BCUT2D eigenvalue weighted by atomic mass is 16.1. The number of carbonyl (C=O) groups is 1. The Morgan fingerprint density at radius 3 is 2.69 bits per heavy atom. The largest absolute Gasteiger partial charge is 0.295 e. The zero-order valence-corrected chi connectivity index (χ0v) is 9.52. The maximum Gasteiger partial charge on any atom is 0.152 e. The van der Waals surface area contributed by atoms with Gasteiger partial charge in [0.15, 0.2) is 5.78 Å². The highest BCUT2D eigenvalue weighted by Crippen LogP contribution is 2.13. The van der Waals surface area contributed by atoms with Crippen LogP contribution < -0.4 is 0 Å². The third-order valence-electron chi connectivity index (χ3n) is 2.32. The van der Waals surface area contributed by atoms with Crippen molar-refractivity contribution in [3.8, 4) is 12.3 Å². The zero-order chi connectivity index (χ0) is 11.8. The normalized spacial score (nSPS) is 12.2. The van der Waals surface area contributed by atoms with Crippen molar-refractivity contribution in [2.75, 3.05) is 0 Å². The van der Waals surface area contributed by atoms with Crippen LogP contribution in [-0.4, -0.2) is 5.78 Å². The van der Waals surface area contributed by atoms with Crippen molar-refractivity contribution >= 4 is 5.78 Å². The lowest BCUT2D eigenvalue weighted by atomic mass is 9.96. The van der Waals surface area contributed by atoms with Gasteiger partial charge in [0.25, 0.3) is 0 Å². The minimum Gasteiger partial charge on any atom is -0.295 e. The van der Waals surface area contributed by atoms with E-state index in [0.717, 1.165) is 6.42 Å². The Morgan fingerprint density at radius 1 is 1.44 bits per heavy atom. The molecule has 0 amide bonds. The van der Waals surface area contributed by atoms with E-state index in [1.807, 2.05) is 24.3 Å². The van der Waals surface area contributed by atoms with Crippen LogP contribution in [0.2, 0.25) is 0 Å². The molecule has 1 aromatic carbocycles. The van der Waals surface area contributed by atoms with Crippen LogP contribution in [0.5, 0.6) is 0 Å². The molecule has 0 saturated carbocycles. The quantitative estimate of drug-likeness (QED) is 0.541. The number of ketones is 1. The molecule has 0 aliphatic rings. The zero-order valence-electron chi connectivity index (χ0n) is 9.52. The summed E-state index contributed by atoms with van der Waals surface area (Å²) < 4.78 is 0. The van der Waals surface area contributed by atoms with Crippen LogP contribution in [0, 0.1) is 18.3 Å². The molecule has 0 aliphatic heterocycles. The molecule has 1 unspecified atom stereocenters. The standard InChI is InChI=1S/C15H16O/c1-3-7-14(11-10-13(2)16)12-15-8-5-4-6-9-15/h1,4-6,8-11,14H,7,12H2,2H3/b11-10+. The van der Waals surface area contributed by atoms with E-state index >= 15 is 0 Å². The fourth-order valence-electron chi connectivity index (χ4n) is 1.55. The van der Waals surface area contributed by atoms with Gasteiger partial charge in [0, 0.05) is 6.42 Å². The van der Waals surface area contributed by atoms with Crippen LogP contribution >= 0.6 is 0 Å². The molecular weight excluding hydrogens is 196 g/mol. The van der Waals surface area contributed by atoms with Crippen molar-refractivity contribution in [3.63, 3.8) is 0 Å². The van der Waals surface area contributed by atoms with Crippen LogP contribution in [0.15, 0.2) is 42.5 Å². The Morgan fingerprint density at radius 2 is 2.12 bits per heavy atom. The van der Waals surface area contributed by atoms with E-state index in [9.17, 15) is 4.79 Å². The molecule has 0 aromatic heterocycles. The minimum absolute atomic E-state index is 0.0649. The lowest BCUT2D eigenvalue weighted by Gasteiger charge is -2.08. The van der Waals surface area contributed by atoms with E-state index in [2.05, 4.69) is 18.1 Å². The Bertz CT molecular complexity index is 395. The minimum atomic E-state index is 0.0649. The maximum absolute atomic E-state index is 10.9. The van der Waals surface area contributed by atoms with E-state index in [1.54, 1.807) is 13.0 Å². The second kappa shape index (κ2) is 6.63. The molecule has 1 nitrogen and oxygen atoms in total. The van der Waals surface area contributed by atoms with E-state index in [4.69, 9.17) is 6.42 Å². The van der Waals surface area contributed by atoms with Gasteiger partial charge in [-0.25, -0.2) is 0 Å². The summed E-state index contributed by atoms with van der Waals surface area (Å²) in [6.45, 7) is 1.55. The monoisotopic (exact) mass is 212 g/mol. The maximum atomic E-state index is 10.9. The second-order valence-corrected chi connectivity index (χ2v) is 3.83. The van der Waals surface area contributed by atoms with Crippen molar-refractivity contribution in [2.24, 2.45) is 5.92 Å². The first-order chi connectivity index (χ1) is 7.72. The number of benzene rings is 1. The number of terminal acetylenes is 1. The predicted molar refractivity (Wildman–Crippen MR) is 66.9 cm³/mol. The third kappa shape index (κ3) is 4.61. The van der Waals surface area contributed by atoms with Crippen molar-refractivity contribution < 1.29 is 4.79 Å². The van der Waals surface area contributed by atoms with Gasteiger partial charge in [-0.3, -0.25) is 4.79 Å². The van der Waals surface area contributed by atoms with E-state index in [1.165, 1.54) is 5.56 Å². The van der Waals surface area contributed by atoms with Crippen molar-refractivity contribution in [1.82, 2.24) is 0 Å². The van der Waals surface area contributed by atoms with E-state index < -0.39 is 0 Å². The van der Waals surface area contributed by atoms with Gasteiger partial charge >= 0.3 is 0 Å². The summed E-state index contributed by atoms with van der Waals surface area (Å²) in [5.74, 6) is 2.96. The molecule has 1 aromatic rings. The fraction of sp³-hybridized carbons (Fsp3) is 0.267. The van der Waals surface area contributed by atoms with Gasteiger partial charge in [-0.15, -0.1) is 12.3 Å². The van der Waals surface area contributed by atoms with Gasteiger partial charge in [0.2, 0.25) is 0 Å². The molecule has 1 atom stereocenters. The first-order valence-corrected chi connectivity index (χ1v) is 5.38. The SMILES string of the molecule is C#CCC(/C=C/C(C)=O)Cc1ccccc1.